The topological polar surface area (TPSA) is 75.6 Å². The van der Waals surface area contributed by atoms with Crippen molar-refractivity contribution >= 4 is 11.9 Å². The molecule has 0 spiro atoms. The molecule has 5 heteroatoms. The van der Waals surface area contributed by atoms with Gasteiger partial charge in [0, 0.05) is 31.6 Å². The molecule has 1 aromatic rings. The van der Waals surface area contributed by atoms with Gasteiger partial charge in [-0.25, -0.2) is 0 Å². The number of aryl methyl sites for hydroxylation is 1. The Morgan fingerprint density at radius 1 is 1.16 bits per heavy atom. The number of carboxylic acid groups (broad SMARTS) is 1. The van der Waals surface area contributed by atoms with E-state index in [-0.39, 0.29) is 17.7 Å². The zero-order valence-corrected chi connectivity index (χ0v) is 14.8. The molecule has 136 valence electrons. The van der Waals surface area contributed by atoms with Crippen LogP contribution in [0.25, 0.3) is 0 Å². The number of nitrogens with one attached hydrogen (secondary N) is 1. The van der Waals surface area contributed by atoms with Gasteiger partial charge in [-0.05, 0) is 43.7 Å². The van der Waals surface area contributed by atoms with E-state index in [1.807, 2.05) is 12.1 Å². The van der Waals surface area contributed by atoms with Crippen molar-refractivity contribution in [2.24, 2.45) is 5.41 Å². The molecule has 2 N–H and O–H groups in total. The lowest BCUT2D eigenvalue weighted by molar-refractivity contribution is -0.157. The first-order valence-electron chi connectivity index (χ1n) is 9.11. The highest BCUT2D eigenvalue weighted by Crippen LogP contribution is 2.44. The van der Waals surface area contributed by atoms with Crippen LogP contribution in [0.15, 0.2) is 24.3 Å². The van der Waals surface area contributed by atoms with Crippen LogP contribution in [0.4, 0.5) is 0 Å². The lowest BCUT2D eigenvalue weighted by Crippen LogP contribution is -2.47. The summed E-state index contributed by atoms with van der Waals surface area (Å²) in [4.78, 5) is 23.9. The van der Waals surface area contributed by atoms with Gasteiger partial charge in [-0.1, -0.05) is 30.7 Å². The lowest BCUT2D eigenvalue weighted by Gasteiger charge is -2.40. The lowest BCUT2D eigenvalue weighted by atomic mass is 9.66. The third kappa shape index (κ3) is 3.56. The van der Waals surface area contributed by atoms with Gasteiger partial charge in [0.25, 0.3) is 0 Å². The fourth-order valence-electron chi connectivity index (χ4n) is 4.18. The Balaban J connectivity index is 1.70. The molecule has 1 aliphatic carbocycles. The van der Waals surface area contributed by atoms with Crippen molar-refractivity contribution in [1.82, 2.24) is 5.32 Å². The summed E-state index contributed by atoms with van der Waals surface area (Å²) in [6.45, 7) is 4.00. The third-order valence-electron chi connectivity index (χ3n) is 6.05. The zero-order valence-electron chi connectivity index (χ0n) is 14.8. The minimum atomic E-state index is -0.839. The molecule has 2 aliphatic rings. The molecule has 0 unspecified atom stereocenters. The summed E-state index contributed by atoms with van der Waals surface area (Å²) in [5.74, 6) is -0.991. The van der Waals surface area contributed by atoms with Crippen molar-refractivity contribution in [3.63, 3.8) is 0 Å². The molecule has 1 saturated carbocycles. The fraction of sp³-hybridized carbons (Fsp3) is 0.600. The van der Waals surface area contributed by atoms with E-state index in [1.165, 1.54) is 11.1 Å². The van der Waals surface area contributed by atoms with Gasteiger partial charge in [0.2, 0.25) is 5.91 Å². The minimum absolute atomic E-state index is 0.0860. The average molecular weight is 345 g/mol. The van der Waals surface area contributed by atoms with Crippen molar-refractivity contribution in [3.8, 4) is 0 Å². The normalized spacial score (nSPS) is 21.2. The molecule has 1 aromatic carbocycles. The maximum absolute atomic E-state index is 12.5. The molecular weight excluding hydrogens is 318 g/mol. The number of hydrogen-bond acceptors (Lipinski definition) is 3. The van der Waals surface area contributed by atoms with Crippen LogP contribution in [0.3, 0.4) is 0 Å². The first-order chi connectivity index (χ1) is 12.0. The van der Waals surface area contributed by atoms with E-state index in [0.29, 0.717) is 32.6 Å². The second kappa shape index (κ2) is 7.16. The number of aliphatic carboxylic acids is 1. The summed E-state index contributed by atoms with van der Waals surface area (Å²) in [5.41, 5.74) is 1.51. The molecular formula is C20H27NO4. The van der Waals surface area contributed by atoms with Crippen molar-refractivity contribution in [2.75, 3.05) is 19.8 Å². The van der Waals surface area contributed by atoms with Crippen LogP contribution in [0.1, 0.15) is 49.7 Å². The molecule has 1 aliphatic heterocycles. The molecule has 0 bridgehead atoms. The number of amides is 1. The summed E-state index contributed by atoms with van der Waals surface area (Å²) in [6.07, 6.45) is 3.91. The Bertz CT molecular complexity index is 645. The van der Waals surface area contributed by atoms with Crippen LogP contribution in [0, 0.1) is 12.3 Å². The standard InChI is InChI=1S/C20H27NO4/c1-15-5-2-3-6-16(15)20(9-11-25-12-10-20)14-21-17(22)13-19(18(23)24)7-4-8-19/h2-3,5-6H,4,7-14H2,1H3,(H,21,22)(H,23,24). The van der Waals surface area contributed by atoms with E-state index in [4.69, 9.17) is 4.74 Å². The molecule has 1 saturated heterocycles. The molecule has 3 rings (SSSR count). The minimum Gasteiger partial charge on any atom is -0.481 e. The highest BCUT2D eigenvalue weighted by molar-refractivity contribution is 5.85. The Morgan fingerprint density at radius 3 is 2.40 bits per heavy atom. The fourth-order valence-corrected chi connectivity index (χ4v) is 4.18. The van der Waals surface area contributed by atoms with E-state index in [2.05, 4.69) is 24.4 Å². The van der Waals surface area contributed by atoms with Crippen LogP contribution in [0.5, 0.6) is 0 Å². The van der Waals surface area contributed by atoms with Crippen LogP contribution >= 0.6 is 0 Å². The zero-order chi connectivity index (χ0) is 17.9. The Morgan fingerprint density at radius 2 is 1.84 bits per heavy atom. The van der Waals surface area contributed by atoms with E-state index in [0.717, 1.165) is 19.3 Å². The number of carboxylic acids is 1. The van der Waals surface area contributed by atoms with Crippen LogP contribution in [-0.4, -0.2) is 36.7 Å². The predicted molar refractivity (Wildman–Crippen MR) is 94.5 cm³/mol. The van der Waals surface area contributed by atoms with Gasteiger partial charge in [0.1, 0.15) is 0 Å². The summed E-state index contributed by atoms with van der Waals surface area (Å²) >= 11 is 0. The second-order valence-corrected chi connectivity index (χ2v) is 7.60. The maximum Gasteiger partial charge on any atom is 0.310 e. The maximum atomic E-state index is 12.5. The van der Waals surface area contributed by atoms with Crippen molar-refractivity contribution in [1.29, 1.82) is 0 Å². The number of benzene rings is 1. The van der Waals surface area contributed by atoms with E-state index >= 15 is 0 Å². The monoisotopic (exact) mass is 345 g/mol. The van der Waals surface area contributed by atoms with Gasteiger partial charge in [-0.2, -0.15) is 0 Å². The Kier molecular flexibility index (Phi) is 5.13. The van der Waals surface area contributed by atoms with Gasteiger partial charge >= 0.3 is 5.97 Å². The number of rotatable bonds is 6. The largest absolute Gasteiger partial charge is 0.481 e. The Labute approximate surface area is 148 Å². The number of carbonyl (C=O) groups excluding carboxylic acids is 1. The second-order valence-electron chi connectivity index (χ2n) is 7.60. The van der Waals surface area contributed by atoms with Gasteiger partial charge in [0.15, 0.2) is 0 Å². The van der Waals surface area contributed by atoms with Crippen LogP contribution in [-0.2, 0) is 19.7 Å². The SMILES string of the molecule is Cc1ccccc1C1(CNC(=O)CC2(C(=O)O)CCC2)CCOCC1. The van der Waals surface area contributed by atoms with Crippen molar-refractivity contribution < 1.29 is 19.4 Å². The highest BCUT2D eigenvalue weighted by atomic mass is 16.5. The van der Waals surface area contributed by atoms with E-state index < -0.39 is 11.4 Å². The number of ether oxygens (including phenoxy) is 1. The quantitative estimate of drug-likeness (QED) is 0.831. The highest BCUT2D eigenvalue weighted by Gasteiger charge is 2.46. The smallest absolute Gasteiger partial charge is 0.310 e. The molecule has 25 heavy (non-hydrogen) atoms. The predicted octanol–water partition coefficient (Wildman–Crippen LogP) is 2.80. The van der Waals surface area contributed by atoms with Gasteiger partial charge in [0.05, 0.1) is 5.41 Å². The Hall–Kier alpha value is -1.88. The summed E-state index contributed by atoms with van der Waals surface area (Å²) < 4.78 is 5.54. The molecule has 1 amide bonds. The molecule has 0 atom stereocenters. The van der Waals surface area contributed by atoms with Crippen LogP contribution < -0.4 is 5.32 Å². The van der Waals surface area contributed by atoms with E-state index in [9.17, 15) is 14.7 Å². The van der Waals surface area contributed by atoms with Crippen molar-refractivity contribution in [3.05, 3.63) is 35.4 Å². The van der Waals surface area contributed by atoms with Crippen molar-refractivity contribution in [2.45, 2.75) is 50.9 Å². The first kappa shape index (κ1) is 17.9. The number of carbonyl (C=O) groups is 2. The summed E-state index contributed by atoms with van der Waals surface area (Å²) in [6, 6.07) is 8.30. The molecule has 0 radical (unpaired) electrons. The summed E-state index contributed by atoms with van der Waals surface area (Å²) in [5, 5.41) is 12.5. The molecule has 5 nitrogen and oxygen atoms in total. The third-order valence-corrected chi connectivity index (χ3v) is 6.05. The average Bonchev–Trinajstić information content (AvgIpc) is 2.57. The van der Waals surface area contributed by atoms with Gasteiger partial charge < -0.3 is 15.2 Å². The summed E-state index contributed by atoms with van der Waals surface area (Å²) in [7, 11) is 0. The van der Waals surface area contributed by atoms with E-state index in [1.54, 1.807) is 0 Å². The van der Waals surface area contributed by atoms with Gasteiger partial charge in [-0.3, -0.25) is 9.59 Å². The molecule has 0 aromatic heterocycles. The van der Waals surface area contributed by atoms with Gasteiger partial charge in [-0.15, -0.1) is 0 Å². The van der Waals surface area contributed by atoms with Crippen LogP contribution in [0.2, 0.25) is 0 Å². The molecule has 1 heterocycles. The molecule has 2 fully saturated rings. The first-order valence-corrected chi connectivity index (χ1v) is 9.11. The number of hydrogen-bond donors (Lipinski definition) is 2.